The molecule has 25 heavy (non-hydrogen) atoms. The van der Waals surface area contributed by atoms with Gasteiger partial charge >= 0.3 is 0 Å². The third kappa shape index (κ3) is 4.75. The first-order chi connectivity index (χ1) is 12.0. The number of hydrogen-bond acceptors (Lipinski definition) is 3. The number of hydrogen-bond donors (Lipinski definition) is 1. The molecule has 0 atom stereocenters. The molecule has 0 saturated carbocycles. The van der Waals surface area contributed by atoms with Crippen LogP contribution in [-0.4, -0.2) is 43.5 Å². The molecule has 1 N–H and O–H groups in total. The van der Waals surface area contributed by atoms with Gasteiger partial charge in [-0.2, -0.15) is 0 Å². The van der Waals surface area contributed by atoms with E-state index in [1.165, 1.54) is 0 Å². The van der Waals surface area contributed by atoms with E-state index in [2.05, 4.69) is 31.0 Å². The molecular formula is C19H21BrClN3O. The molecule has 0 unspecified atom stereocenters. The molecule has 2 aromatic carbocycles. The molecule has 0 spiro atoms. The molecule has 2 aromatic rings. The van der Waals surface area contributed by atoms with Gasteiger partial charge in [0.05, 0.1) is 17.3 Å². The minimum Gasteiger partial charge on any atom is -0.368 e. The average Bonchev–Trinajstić information content (AvgIpc) is 2.59. The molecule has 0 aliphatic carbocycles. The fourth-order valence-corrected chi connectivity index (χ4v) is 3.75. The SMILES string of the molecule is Cc1cc(Br)ccc1NC(=O)CN1CCN(c2ccccc2Cl)CC1. The van der Waals surface area contributed by atoms with Crippen LogP contribution in [0.15, 0.2) is 46.9 Å². The summed E-state index contributed by atoms with van der Waals surface area (Å²) in [5.74, 6) is 0.0246. The van der Waals surface area contributed by atoms with Gasteiger partial charge in [0.15, 0.2) is 0 Å². The van der Waals surface area contributed by atoms with Crippen LogP contribution in [0.3, 0.4) is 0 Å². The van der Waals surface area contributed by atoms with Crippen LogP contribution < -0.4 is 10.2 Å². The highest BCUT2D eigenvalue weighted by Crippen LogP contribution is 2.26. The van der Waals surface area contributed by atoms with E-state index in [-0.39, 0.29) is 5.91 Å². The van der Waals surface area contributed by atoms with Gasteiger partial charge in [-0.05, 0) is 42.8 Å². The molecule has 1 fully saturated rings. The molecule has 1 heterocycles. The lowest BCUT2D eigenvalue weighted by molar-refractivity contribution is -0.117. The van der Waals surface area contributed by atoms with Crippen LogP contribution in [0.5, 0.6) is 0 Å². The molecule has 1 saturated heterocycles. The van der Waals surface area contributed by atoms with E-state index in [4.69, 9.17) is 11.6 Å². The Labute approximate surface area is 161 Å². The van der Waals surface area contributed by atoms with Crippen LogP contribution in [-0.2, 0) is 4.79 Å². The summed E-state index contributed by atoms with van der Waals surface area (Å²) in [6.07, 6.45) is 0. The Morgan fingerprint density at radius 1 is 1.16 bits per heavy atom. The second-order valence-electron chi connectivity index (χ2n) is 6.22. The average molecular weight is 423 g/mol. The predicted molar refractivity (Wildman–Crippen MR) is 108 cm³/mol. The Morgan fingerprint density at radius 2 is 1.88 bits per heavy atom. The summed E-state index contributed by atoms with van der Waals surface area (Å²) in [5, 5.41) is 3.78. The van der Waals surface area contributed by atoms with Gasteiger partial charge in [-0.1, -0.05) is 39.7 Å². The Kier molecular flexibility index (Phi) is 5.99. The molecule has 1 aliphatic heterocycles. The quantitative estimate of drug-likeness (QED) is 0.803. The highest BCUT2D eigenvalue weighted by Gasteiger charge is 2.20. The van der Waals surface area contributed by atoms with Gasteiger partial charge in [0.1, 0.15) is 0 Å². The number of nitrogens with one attached hydrogen (secondary N) is 1. The molecule has 0 bridgehead atoms. The molecule has 3 rings (SSSR count). The normalized spacial score (nSPS) is 15.2. The molecule has 0 aromatic heterocycles. The van der Waals surface area contributed by atoms with E-state index in [9.17, 15) is 4.79 Å². The number of halogens is 2. The molecule has 4 nitrogen and oxygen atoms in total. The molecule has 0 radical (unpaired) electrons. The number of rotatable bonds is 4. The summed E-state index contributed by atoms with van der Waals surface area (Å²) in [6.45, 7) is 5.83. The highest BCUT2D eigenvalue weighted by molar-refractivity contribution is 9.10. The summed E-state index contributed by atoms with van der Waals surface area (Å²) < 4.78 is 1.01. The minimum absolute atomic E-state index is 0.0246. The zero-order valence-electron chi connectivity index (χ0n) is 14.1. The highest BCUT2D eigenvalue weighted by atomic mass is 79.9. The van der Waals surface area contributed by atoms with Crippen molar-refractivity contribution in [2.45, 2.75) is 6.92 Å². The first-order valence-electron chi connectivity index (χ1n) is 8.31. The first-order valence-corrected chi connectivity index (χ1v) is 9.48. The lowest BCUT2D eigenvalue weighted by atomic mass is 10.2. The van der Waals surface area contributed by atoms with Crippen molar-refractivity contribution in [2.75, 3.05) is 42.9 Å². The molecule has 1 aliphatic rings. The second kappa shape index (κ2) is 8.21. The van der Waals surface area contributed by atoms with Crippen molar-refractivity contribution in [3.8, 4) is 0 Å². The summed E-state index contributed by atoms with van der Waals surface area (Å²) in [6, 6.07) is 13.8. The van der Waals surface area contributed by atoms with Crippen LogP contribution in [0.2, 0.25) is 5.02 Å². The van der Waals surface area contributed by atoms with Crippen molar-refractivity contribution in [1.82, 2.24) is 4.90 Å². The largest absolute Gasteiger partial charge is 0.368 e. The fraction of sp³-hybridized carbons (Fsp3) is 0.316. The lowest BCUT2D eigenvalue weighted by Crippen LogP contribution is -2.48. The topological polar surface area (TPSA) is 35.6 Å². The van der Waals surface area contributed by atoms with Gasteiger partial charge < -0.3 is 10.2 Å². The summed E-state index contributed by atoms with van der Waals surface area (Å²) in [4.78, 5) is 16.8. The Morgan fingerprint density at radius 3 is 2.56 bits per heavy atom. The lowest BCUT2D eigenvalue weighted by Gasteiger charge is -2.36. The Hall–Kier alpha value is -1.56. The summed E-state index contributed by atoms with van der Waals surface area (Å²) in [5.41, 5.74) is 2.98. The van der Waals surface area contributed by atoms with E-state index in [1.54, 1.807) is 0 Å². The molecule has 132 valence electrons. The van der Waals surface area contributed by atoms with E-state index >= 15 is 0 Å². The van der Waals surface area contributed by atoms with E-state index in [1.807, 2.05) is 49.4 Å². The smallest absolute Gasteiger partial charge is 0.238 e. The van der Waals surface area contributed by atoms with Crippen LogP contribution in [0.25, 0.3) is 0 Å². The number of amides is 1. The van der Waals surface area contributed by atoms with Crippen molar-refractivity contribution in [3.63, 3.8) is 0 Å². The third-order valence-electron chi connectivity index (χ3n) is 4.40. The summed E-state index contributed by atoms with van der Waals surface area (Å²) >= 11 is 9.71. The number of carbonyl (C=O) groups excluding carboxylic acids is 1. The van der Waals surface area contributed by atoms with E-state index < -0.39 is 0 Å². The Balaban J connectivity index is 1.52. The van der Waals surface area contributed by atoms with Gasteiger partial charge in [0, 0.05) is 36.3 Å². The minimum atomic E-state index is 0.0246. The van der Waals surface area contributed by atoms with Gasteiger partial charge in [0.25, 0.3) is 0 Å². The van der Waals surface area contributed by atoms with Crippen LogP contribution in [0, 0.1) is 6.92 Å². The van der Waals surface area contributed by atoms with Crippen molar-refractivity contribution >= 4 is 44.8 Å². The van der Waals surface area contributed by atoms with Crippen molar-refractivity contribution < 1.29 is 4.79 Å². The standard InChI is InChI=1S/C19H21BrClN3O/c1-14-12-15(20)6-7-17(14)22-19(25)13-23-8-10-24(11-9-23)18-5-3-2-4-16(18)21/h2-7,12H,8-11,13H2,1H3,(H,22,25). The number of nitrogens with zero attached hydrogens (tertiary/aromatic N) is 2. The maximum Gasteiger partial charge on any atom is 0.238 e. The Bertz CT molecular complexity index is 760. The van der Waals surface area contributed by atoms with Gasteiger partial charge in [-0.15, -0.1) is 0 Å². The monoisotopic (exact) mass is 421 g/mol. The van der Waals surface area contributed by atoms with Crippen molar-refractivity contribution in [1.29, 1.82) is 0 Å². The third-order valence-corrected chi connectivity index (χ3v) is 5.21. The number of aryl methyl sites for hydroxylation is 1. The molecular weight excluding hydrogens is 402 g/mol. The van der Waals surface area contributed by atoms with Crippen molar-refractivity contribution in [2.24, 2.45) is 0 Å². The van der Waals surface area contributed by atoms with E-state index in [0.717, 1.165) is 52.6 Å². The maximum absolute atomic E-state index is 12.3. The second-order valence-corrected chi connectivity index (χ2v) is 7.54. The van der Waals surface area contributed by atoms with Crippen LogP contribution in [0.4, 0.5) is 11.4 Å². The van der Waals surface area contributed by atoms with Gasteiger partial charge in [0.2, 0.25) is 5.91 Å². The van der Waals surface area contributed by atoms with Gasteiger partial charge in [-0.3, -0.25) is 9.69 Å². The van der Waals surface area contributed by atoms with Crippen LogP contribution >= 0.6 is 27.5 Å². The summed E-state index contributed by atoms with van der Waals surface area (Å²) in [7, 11) is 0. The molecule has 1 amide bonds. The van der Waals surface area contributed by atoms with Gasteiger partial charge in [-0.25, -0.2) is 0 Å². The zero-order chi connectivity index (χ0) is 17.8. The number of piperazine rings is 1. The number of para-hydroxylation sites is 1. The maximum atomic E-state index is 12.3. The number of anilines is 2. The zero-order valence-corrected chi connectivity index (χ0v) is 16.5. The molecule has 6 heteroatoms. The number of carbonyl (C=O) groups is 1. The first kappa shape index (κ1) is 18.2. The van der Waals surface area contributed by atoms with E-state index in [0.29, 0.717) is 6.54 Å². The predicted octanol–water partition coefficient (Wildman–Crippen LogP) is 4.17. The number of benzene rings is 2. The van der Waals surface area contributed by atoms with Crippen LogP contribution in [0.1, 0.15) is 5.56 Å². The fourth-order valence-electron chi connectivity index (χ4n) is 3.02. The van der Waals surface area contributed by atoms with Crippen molar-refractivity contribution in [3.05, 3.63) is 57.5 Å².